The number of rotatable bonds is 8. The number of aromatic nitrogens is 6. The van der Waals surface area contributed by atoms with Crippen molar-refractivity contribution in [2.45, 2.75) is 51.1 Å². The minimum Gasteiger partial charge on any atom is -0.480 e. The number of alkyl halides is 3. The molecule has 1 N–H and O–H groups in total. The van der Waals surface area contributed by atoms with Gasteiger partial charge >= 0.3 is 23.9 Å². The van der Waals surface area contributed by atoms with Gasteiger partial charge in [0, 0.05) is 30.5 Å². The molecule has 1 aliphatic heterocycles. The molecule has 0 saturated carbocycles. The number of aryl methyl sites for hydroxylation is 2. The van der Waals surface area contributed by atoms with Crippen molar-refractivity contribution in [1.82, 2.24) is 28.7 Å². The third-order valence-electron chi connectivity index (χ3n) is 6.70. The number of hydrogen-bond acceptors (Lipinski definition) is 6. The van der Waals surface area contributed by atoms with Gasteiger partial charge in [0.2, 0.25) is 0 Å². The van der Waals surface area contributed by atoms with Gasteiger partial charge in [0.15, 0.2) is 5.82 Å². The lowest BCUT2D eigenvalue weighted by Crippen LogP contribution is -2.26. The summed E-state index contributed by atoms with van der Waals surface area (Å²) in [7, 11) is 0. The highest BCUT2D eigenvalue weighted by Crippen LogP contribution is 2.33. The molecular formula is C28H23Cl4F3N6O5. The molecule has 1 atom stereocenters. The van der Waals surface area contributed by atoms with E-state index in [-0.39, 0.29) is 39.7 Å². The van der Waals surface area contributed by atoms with Crippen LogP contribution < -0.4 is 16.1 Å². The standard InChI is InChI=1S/C15H13Cl2N3O2.C13H10Cl2F3N3O3/c1-2-7-22-13-9-12(10(16)8-11(13)17)20-15(21)19-6-4-3-5-14(19)18-20;1-5-19-21(13(24)20(5)12(17)18)10-3-6(2-8(15)11(22)23)7(14)4-9(10)16/h1,8-9H,3-7H2;3-4,8,12H,2H2,1H3,(H,22,23). The largest absolute Gasteiger partial charge is 0.480 e. The second-order valence-electron chi connectivity index (χ2n) is 9.74. The van der Waals surface area contributed by atoms with Crippen molar-refractivity contribution >= 4 is 52.4 Å². The van der Waals surface area contributed by atoms with Crippen molar-refractivity contribution in [2.75, 3.05) is 6.61 Å². The van der Waals surface area contributed by atoms with E-state index in [0.29, 0.717) is 32.7 Å². The molecule has 0 fully saturated rings. The lowest BCUT2D eigenvalue weighted by molar-refractivity contribution is -0.136. The highest BCUT2D eigenvalue weighted by atomic mass is 35.5. The molecule has 0 bridgehead atoms. The van der Waals surface area contributed by atoms with E-state index < -0.39 is 35.1 Å². The summed E-state index contributed by atoms with van der Waals surface area (Å²) >= 11 is 23.8. The second kappa shape index (κ2) is 14.7. The first-order chi connectivity index (χ1) is 21.7. The number of aliphatic carboxylic acids is 1. The van der Waals surface area contributed by atoms with Crippen molar-refractivity contribution in [3.8, 4) is 29.5 Å². The molecular weight excluding hydrogens is 699 g/mol. The molecule has 0 saturated heterocycles. The van der Waals surface area contributed by atoms with Gasteiger partial charge in [0.1, 0.15) is 35.1 Å². The van der Waals surface area contributed by atoms with Crippen LogP contribution in [0.25, 0.3) is 11.4 Å². The highest BCUT2D eigenvalue weighted by Gasteiger charge is 2.23. The lowest BCUT2D eigenvalue weighted by atomic mass is 10.1. The first-order valence-electron chi connectivity index (χ1n) is 13.3. The van der Waals surface area contributed by atoms with Gasteiger partial charge in [-0.2, -0.15) is 18.1 Å². The van der Waals surface area contributed by atoms with Gasteiger partial charge in [-0.15, -0.1) is 28.2 Å². The molecule has 4 aromatic rings. The van der Waals surface area contributed by atoms with Gasteiger partial charge in [-0.05, 0) is 43.5 Å². The van der Waals surface area contributed by atoms with Crippen molar-refractivity contribution in [3.63, 3.8) is 0 Å². The Balaban J connectivity index is 0.000000209. The predicted octanol–water partition coefficient (Wildman–Crippen LogP) is 5.45. The number of benzene rings is 2. The zero-order valence-corrected chi connectivity index (χ0v) is 26.7. The molecule has 0 amide bonds. The van der Waals surface area contributed by atoms with Gasteiger partial charge in [-0.25, -0.2) is 18.5 Å². The molecule has 5 rings (SSSR count). The van der Waals surface area contributed by atoms with Crippen LogP contribution in [-0.4, -0.2) is 51.8 Å². The predicted molar refractivity (Wildman–Crippen MR) is 165 cm³/mol. The van der Waals surface area contributed by atoms with Crippen molar-refractivity contribution < 1.29 is 27.8 Å². The summed E-state index contributed by atoms with van der Waals surface area (Å²) < 4.78 is 48.7. The Kier molecular flexibility index (Phi) is 11.2. The smallest absolute Gasteiger partial charge is 0.355 e. The topological polar surface area (TPSA) is 126 Å². The van der Waals surface area contributed by atoms with Crippen LogP contribution in [0, 0.1) is 25.1 Å². The highest BCUT2D eigenvalue weighted by molar-refractivity contribution is 6.36. The van der Waals surface area contributed by atoms with E-state index in [0.717, 1.165) is 44.1 Å². The average Bonchev–Trinajstić information content (AvgIpc) is 3.49. The Bertz CT molecular complexity index is 1950. The Labute approximate surface area is 278 Å². The van der Waals surface area contributed by atoms with E-state index in [1.807, 2.05) is 0 Å². The van der Waals surface area contributed by atoms with Crippen molar-refractivity contribution in [3.05, 3.63) is 83.3 Å². The number of ether oxygens (including phenoxy) is 1. The van der Waals surface area contributed by atoms with E-state index >= 15 is 0 Å². The summed E-state index contributed by atoms with van der Waals surface area (Å²) in [5, 5.41) is 16.0. The monoisotopic (exact) mass is 720 g/mol. The first kappa shape index (κ1) is 35.0. The number of terminal acetylenes is 1. The van der Waals surface area contributed by atoms with E-state index in [1.165, 1.54) is 10.7 Å². The summed E-state index contributed by atoms with van der Waals surface area (Å²) in [5.41, 5.74) is -1.31. The normalized spacial score (nSPS) is 13.0. The fourth-order valence-electron chi connectivity index (χ4n) is 4.50. The SMILES string of the molecule is C#CCOc1cc(-n2nc3n(c2=O)CCCC3)c(Cl)cc1Cl.Cc1nn(-c2cc(CC(Cl)C(=O)O)c(Cl)cc2F)c(=O)n1C(F)F. The molecule has 1 aliphatic rings. The number of nitrogens with zero attached hydrogens (tertiary/aromatic N) is 6. The first-order valence-corrected chi connectivity index (χ1v) is 14.9. The third-order valence-corrected chi connectivity index (χ3v) is 7.99. The molecule has 244 valence electrons. The maximum atomic E-state index is 14.1. The number of hydrogen-bond donors (Lipinski definition) is 1. The number of fused-ring (bicyclic) bond motifs is 1. The van der Waals surface area contributed by atoms with Crippen LogP contribution in [0.5, 0.6) is 5.75 Å². The summed E-state index contributed by atoms with van der Waals surface area (Å²) in [6, 6.07) is 5.00. The van der Waals surface area contributed by atoms with Crippen LogP contribution in [0.3, 0.4) is 0 Å². The molecule has 2 aromatic carbocycles. The van der Waals surface area contributed by atoms with E-state index in [2.05, 4.69) is 16.1 Å². The van der Waals surface area contributed by atoms with Gasteiger partial charge < -0.3 is 9.84 Å². The van der Waals surface area contributed by atoms with E-state index in [4.69, 9.17) is 62.7 Å². The summed E-state index contributed by atoms with van der Waals surface area (Å²) in [6.07, 6.45) is 7.71. The van der Waals surface area contributed by atoms with Crippen LogP contribution in [0.1, 0.15) is 36.6 Å². The minimum atomic E-state index is -3.14. The van der Waals surface area contributed by atoms with Gasteiger partial charge in [0.05, 0.1) is 15.7 Å². The Morgan fingerprint density at radius 3 is 2.35 bits per heavy atom. The average molecular weight is 722 g/mol. The summed E-state index contributed by atoms with van der Waals surface area (Å²) in [6.45, 7) is -1.21. The van der Waals surface area contributed by atoms with E-state index in [9.17, 15) is 27.6 Å². The van der Waals surface area contributed by atoms with Gasteiger partial charge in [0.25, 0.3) is 0 Å². The molecule has 18 heteroatoms. The maximum absolute atomic E-state index is 14.1. The number of carbonyl (C=O) groups is 1. The summed E-state index contributed by atoms with van der Waals surface area (Å²) in [5.74, 6) is 0.905. The zero-order valence-electron chi connectivity index (χ0n) is 23.7. The van der Waals surface area contributed by atoms with Crippen LogP contribution in [0.15, 0.2) is 33.9 Å². The molecule has 0 radical (unpaired) electrons. The molecule has 11 nitrogen and oxygen atoms in total. The van der Waals surface area contributed by atoms with Crippen LogP contribution in [0.4, 0.5) is 13.2 Å². The Morgan fingerprint density at radius 2 is 1.74 bits per heavy atom. The van der Waals surface area contributed by atoms with Crippen molar-refractivity contribution in [2.24, 2.45) is 0 Å². The van der Waals surface area contributed by atoms with Gasteiger partial charge in [-0.1, -0.05) is 40.7 Å². The molecule has 3 heterocycles. The number of halogens is 7. The number of carboxylic acids is 1. The fourth-order valence-corrected chi connectivity index (χ4v) is 5.42. The van der Waals surface area contributed by atoms with Crippen molar-refractivity contribution in [1.29, 1.82) is 0 Å². The van der Waals surface area contributed by atoms with Crippen LogP contribution >= 0.6 is 46.4 Å². The molecule has 0 aliphatic carbocycles. The second-order valence-corrected chi connectivity index (χ2v) is 11.5. The fraction of sp³-hybridized carbons (Fsp3) is 0.321. The molecule has 0 spiro atoms. The van der Waals surface area contributed by atoms with Crippen LogP contribution in [-0.2, 0) is 24.2 Å². The third kappa shape index (κ3) is 7.39. The van der Waals surface area contributed by atoms with E-state index in [1.54, 1.807) is 10.6 Å². The Morgan fingerprint density at radius 1 is 1.04 bits per heavy atom. The molecule has 2 aromatic heterocycles. The zero-order chi connectivity index (χ0) is 33.9. The summed E-state index contributed by atoms with van der Waals surface area (Å²) in [4.78, 5) is 35.3. The molecule has 46 heavy (non-hydrogen) atoms. The Hall–Kier alpha value is -3.90. The maximum Gasteiger partial charge on any atom is 0.355 e. The van der Waals surface area contributed by atoms with Gasteiger partial charge in [-0.3, -0.25) is 9.36 Å². The number of carboxylic acid groups (broad SMARTS) is 1. The van der Waals surface area contributed by atoms with Crippen LogP contribution in [0.2, 0.25) is 15.1 Å². The lowest BCUT2D eigenvalue weighted by Gasteiger charge is -2.10. The minimum absolute atomic E-state index is 0.0788. The molecule has 1 unspecified atom stereocenters. The quantitative estimate of drug-likeness (QED) is 0.189.